The molecule has 2 rings (SSSR count). The lowest BCUT2D eigenvalue weighted by Crippen LogP contribution is -2.60. The number of carbonyl (C=O) groups is 4. The normalized spacial score (nSPS) is 22.3. The summed E-state index contributed by atoms with van der Waals surface area (Å²) >= 11 is 0. The number of piperidine rings is 1. The van der Waals surface area contributed by atoms with Crippen molar-refractivity contribution in [1.29, 1.82) is 0 Å². The van der Waals surface area contributed by atoms with Crippen LogP contribution < -0.4 is 10.6 Å². The van der Waals surface area contributed by atoms with E-state index in [4.69, 9.17) is 5.11 Å². The third kappa shape index (κ3) is 9.74. The zero-order valence-corrected chi connectivity index (χ0v) is 27.9. The molecule has 1 unspecified atom stereocenters. The predicted molar refractivity (Wildman–Crippen MR) is 167 cm³/mol. The van der Waals surface area contributed by atoms with Crippen LogP contribution in [0.25, 0.3) is 0 Å². The number of carbonyl (C=O) groups excluding carboxylic acids is 4. The highest BCUT2D eigenvalue weighted by atomic mass is 16.3. The lowest BCUT2D eigenvalue weighted by atomic mass is 9.84. The van der Waals surface area contributed by atoms with E-state index in [9.17, 15) is 24.3 Å². The van der Waals surface area contributed by atoms with E-state index >= 15 is 0 Å². The quantitative estimate of drug-likeness (QED) is 0.247. The van der Waals surface area contributed by atoms with Gasteiger partial charge in [-0.15, -0.1) is 0 Å². The molecule has 2 heterocycles. The van der Waals surface area contributed by atoms with Crippen molar-refractivity contribution in [3.63, 3.8) is 0 Å². The third-order valence-corrected chi connectivity index (χ3v) is 8.68. The first-order chi connectivity index (χ1) is 20.0. The van der Waals surface area contributed by atoms with Crippen LogP contribution in [0.4, 0.5) is 0 Å². The molecule has 5 atom stereocenters. The Morgan fingerprint density at radius 1 is 0.977 bits per heavy atom. The lowest BCUT2D eigenvalue weighted by Gasteiger charge is -2.41. The summed E-state index contributed by atoms with van der Waals surface area (Å²) in [5.74, 6) is -1.01. The SMILES string of the molecule is CC(=C[C@H](C(C)C)N(C)C(=O)[C@@H](NC(=O)C1CCCCN1C(C)C)C(C)(C)C)C(=O)N1CCC[C@H]1C(=O)NC[C@H](O)CO. The number of hydrogen-bond acceptors (Lipinski definition) is 7. The zero-order valence-electron chi connectivity index (χ0n) is 27.9. The maximum absolute atomic E-state index is 14.1. The smallest absolute Gasteiger partial charge is 0.249 e. The number of likely N-dealkylation sites (N-methyl/N-ethyl adjacent to an activating group) is 1. The number of aliphatic hydroxyl groups is 2. The Labute approximate surface area is 258 Å². The van der Waals surface area contributed by atoms with Crippen molar-refractivity contribution in [3.05, 3.63) is 11.6 Å². The fourth-order valence-electron chi connectivity index (χ4n) is 6.08. The molecule has 246 valence electrons. The molecule has 0 bridgehead atoms. The zero-order chi connectivity index (χ0) is 32.6. The number of nitrogens with zero attached hydrogens (tertiary/aromatic N) is 3. The maximum Gasteiger partial charge on any atom is 0.249 e. The van der Waals surface area contributed by atoms with Gasteiger partial charge >= 0.3 is 0 Å². The van der Waals surface area contributed by atoms with Crippen molar-refractivity contribution < 1.29 is 29.4 Å². The predicted octanol–water partition coefficient (Wildman–Crippen LogP) is 1.67. The summed E-state index contributed by atoms with van der Waals surface area (Å²) in [4.78, 5) is 59.3. The summed E-state index contributed by atoms with van der Waals surface area (Å²) in [6.45, 7) is 16.4. The van der Waals surface area contributed by atoms with E-state index in [-0.39, 0.29) is 48.2 Å². The first-order valence-corrected chi connectivity index (χ1v) is 15.9. The van der Waals surface area contributed by atoms with Gasteiger partial charge < -0.3 is 30.6 Å². The highest BCUT2D eigenvalue weighted by Crippen LogP contribution is 2.26. The van der Waals surface area contributed by atoms with Gasteiger partial charge in [0, 0.05) is 31.8 Å². The van der Waals surface area contributed by atoms with Crippen LogP contribution in [0.2, 0.25) is 0 Å². The van der Waals surface area contributed by atoms with Crippen molar-refractivity contribution in [2.24, 2.45) is 11.3 Å². The van der Waals surface area contributed by atoms with Crippen LogP contribution in [0.15, 0.2) is 11.6 Å². The molecule has 0 saturated carbocycles. The molecule has 0 spiro atoms. The summed E-state index contributed by atoms with van der Waals surface area (Å²) in [5.41, 5.74) is -0.117. The molecule has 4 amide bonds. The van der Waals surface area contributed by atoms with Gasteiger partial charge in [-0.3, -0.25) is 24.1 Å². The van der Waals surface area contributed by atoms with Gasteiger partial charge in [-0.05, 0) is 64.3 Å². The second-order valence-corrected chi connectivity index (χ2v) is 13.9. The lowest BCUT2D eigenvalue weighted by molar-refractivity contribution is -0.142. The number of aliphatic hydroxyl groups excluding tert-OH is 2. The number of likely N-dealkylation sites (tertiary alicyclic amines) is 2. The minimum Gasteiger partial charge on any atom is -0.394 e. The van der Waals surface area contributed by atoms with Crippen LogP contribution >= 0.6 is 0 Å². The Bertz CT molecular complexity index is 1010. The Kier molecular flexibility index (Phi) is 13.6. The Morgan fingerprint density at radius 2 is 1.60 bits per heavy atom. The molecule has 4 N–H and O–H groups in total. The van der Waals surface area contributed by atoms with E-state index in [1.165, 1.54) is 4.90 Å². The van der Waals surface area contributed by atoms with E-state index in [0.717, 1.165) is 25.8 Å². The monoisotopic (exact) mass is 607 g/mol. The number of rotatable bonds is 12. The Morgan fingerprint density at radius 3 is 2.16 bits per heavy atom. The van der Waals surface area contributed by atoms with E-state index in [1.807, 2.05) is 34.6 Å². The fraction of sp³-hybridized carbons (Fsp3) is 0.812. The molecule has 0 aromatic rings. The van der Waals surface area contributed by atoms with Gasteiger partial charge in [0.05, 0.1) is 24.8 Å². The molecule has 2 aliphatic rings. The van der Waals surface area contributed by atoms with Crippen LogP contribution in [0, 0.1) is 11.3 Å². The largest absolute Gasteiger partial charge is 0.394 e. The van der Waals surface area contributed by atoms with Gasteiger partial charge in [0.2, 0.25) is 23.6 Å². The molecule has 11 heteroatoms. The van der Waals surface area contributed by atoms with E-state index < -0.39 is 36.3 Å². The molecule has 0 radical (unpaired) electrons. The standard InChI is InChI=1S/C32H57N5O6/c1-20(2)26(17-22(5)30(42)37-16-12-14-24(37)28(40)33-18-23(39)19-38)35(9)31(43)27(32(6,7)8)34-29(41)25-13-10-11-15-36(25)21(3)4/h17,20-21,23-27,38-39H,10-16,18-19H2,1-9H3,(H,33,40)(H,34,41)/t23-,24-,25?,26+,27+/m0/s1. The minimum atomic E-state index is -1.06. The Balaban J connectivity index is 2.23. The van der Waals surface area contributed by atoms with Crippen LogP contribution in [0.1, 0.15) is 87.5 Å². The van der Waals surface area contributed by atoms with Crippen molar-refractivity contribution in [1.82, 2.24) is 25.3 Å². The molecular weight excluding hydrogens is 550 g/mol. The maximum atomic E-state index is 14.1. The van der Waals surface area contributed by atoms with Crippen molar-refractivity contribution in [2.45, 2.75) is 124 Å². The third-order valence-electron chi connectivity index (χ3n) is 8.68. The van der Waals surface area contributed by atoms with Gasteiger partial charge in [-0.25, -0.2) is 0 Å². The average Bonchev–Trinajstić information content (AvgIpc) is 3.45. The summed E-state index contributed by atoms with van der Waals surface area (Å²) in [6, 6.07) is -1.88. The first-order valence-electron chi connectivity index (χ1n) is 15.9. The summed E-state index contributed by atoms with van der Waals surface area (Å²) in [5, 5.41) is 24.3. The van der Waals surface area contributed by atoms with Crippen LogP contribution in [0.5, 0.6) is 0 Å². The molecule has 2 aliphatic heterocycles. The van der Waals surface area contributed by atoms with E-state index in [0.29, 0.717) is 25.0 Å². The summed E-state index contributed by atoms with van der Waals surface area (Å²) in [6.07, 6.45) is 4.71. The Hall–Kier alpha value is -2.50. The van der Waals surface area contributed by atoms with Gasteiger partial charge in [0.25, 0.3) is 0 Å². The van der Waals surface area contributed by atoms with Crippen LogP contribution in [-0.2, 0) is 19.2 Å². The van der Waals surface area contributed by atoms with Crippen molar-refractivity contribution >= 4 is 23.6 Å². The number of hydrogen-bond donors (Lipinski definition) is 4. The molecule has 0 aromatic carbocycles. The molecule has 0 aliphatic carbocycles. The van der Waals surface area contributed by atoms with Gasteiger partial charge in [0.1, 0.15) is 12.1 Å². The second-order valence-electron chi connectivity index (χ2n) is 13.9. The molecular formula is C32H57N5O6. The van der Waals surface area contributed by atoms with Gasteiger partial charge in [0.15, 0.2) is 0 Å². The molecule has 0 aromatic heterocycles. The highest BCUT2D eigenvalue weighted by molar-refractivity contribution is 5.97. The van der Waals surface area contributed by atoms with Crippen molar-refractivity contribution in [2.75, 3.05) is 33.3 Å². The average molecular weight is 608 g/mol. The van der Waals surface area contributed by atoms with Crippen LogP contribution in [-0.4, -0.2) is 118 Å². The van der Waals surface area contributed by atoms with Gasteiger partial charge in [-0.2, -0.15) is 0 Å². The minimum absolute atomic E-state index is 0.0274. The molecule has 11 nitrogen and oxygen atoms in total. The van der Waals surface area contributed by atoms with E-state index in [2.05, 4.69) is 29.4 Å². The van der Waals surface area contributed by atoms with E-state index in [1.54, 1.807) is 24.9 Å². The highest BCUT2D eigenvalue weighted by Gasteiger charge is 2.40. The van der Waals surface area contributed by atoms with Crippen molar-refractivity contribution in [3.8, 4) is 0 Å². The number of amides is 4. The molecule has 2 saturated heterocycles. The number of nitrogens with one attached hydrogen (secondary N) is 2. The molecule has 43 heavy (non-hydrogen) atoms. The first kappa shape index (κ1) is 36.7. The molecule has 2 fully saturated rings. The summed E-state index contributed by atoms with van der Waals surface area (Å²) < 4.78 is 0. The van der Waals surface area contributed by atoms with Crippen LogP contribution in [0.3, 0.4) is 0 Å². The second kappa shape index (κ2) is 16.0. The fourth-order valence-corrected chi connectivity index (χ4v) is 6.08. The topological polar surface area (TPSA) is 143 Å². The van der Waals surface area contributed by atoms with Gasteiger partial charge in [-0.1, -0.05) is 47.1 Å². The summed E-state index contributed by atoms with van der Waals surface area (Å²) in [7, 11) is 1.71.